The maximum absolute atomic E-state index is 10.8. The predicted molar refractivity (Wildman–Crippen MR) is 67.3 cm³/mol. The van der Waals surface area contributed by atoms with Crippen molar-refractivity contribution < 1.29 is 9.90 Å². The molecule has 0 spiro atoms. The molecule has 0 unspecified atom stereocenters. The van der Waals surface area contributed by atoms with Crippen molar-refractivity contribution in [2.45, 2.75) is 11.3 Å². The minimum Gasteiger partial charge on any atom is -0.478 e. The summed E-state index contributed by atoms with van der Waals surface area (Å²) in [7, 11) is 4.10. The van der Waals surface area contributed by atoms with Crippen LogP contribution in [0.3, 0.4) is 0 Å². The Morgan fingerprint density at radius 2 is 2.19 bits per heavy atom. The summed E-state index contributed by atoms with van der Waals surface area (Å²) in [4.78, 5) is 13.9. The van der Waals surface area contributed by atoms with Crippen LogP contribution in [0.4, 0.5) is 0 Å². The quantitative estimate of drug-likeness (QED) is 0.611. The molecule has 0 saturated carbocycles. The van der Waals surface area contributed by atoms with E-state index in [1.165, 1.54) is 0 Å². The first-order chi connectivity index (χ1) is 7.59. The van der Waals surface area contributed by atoms with Gasteiger partial charge in [0.2, 0.25) is 0 Å². The first-order valence-corrected chi connectivity index (χ1v) is 6.19. The number of hydrogen-bond acceptors (Lipinski definition) is 3. The fraction of sp³-hybridized carbons (Fsp3) is 0.417. The van der Waals surface area contributed by atoms with Crippen LogP contribution in [-0.4, -0.2) is 42.4 Å². The molecule has 0 aliphatic rings. The molecule has 0 atom stereocenters. The van der Waals surface area contributed by atoms with Gasteiger partial charge in [-0.15, -0.1) is 11.8 Å². The van der Waals surface area contributed by atoms with Gasteiger partial charge in [0.15, 0.2) is 0 Å². The molecule has 4 heteroatoms. The van der Waals surface area contributed by atoms with Crippen molar-refractivity contribution in [2.24, 2.45) is 0 Å². The lowest BCUT2D eigenvalue weighted by atomic mass is 10.2. The normalized spacial score (nSPS) is 10.7. The van der Waals surface area contributed by atoms with Gasteiger partial charge in [0.05, 0.1) is 5.56 Å². The second-order valence-corrected chi connectivity index (χ2v) is 5.01. The van der Waals surface area contributed by atoms with E-state index in [4.69, 9.17) is 5.11 Å². The van der Waals surface area contributed by atoms with E-state index in [0.717, 1.165) is 23.6 Å². The molecule has 0 aromatic heterocycles. The summed E-state index contributed by atoms with van der Waals surface area (Å²) in [6.45, 7) is 1.06. The summed E-state index contributed by atoms with van der Waals surface area (Å²) >= 11 is 1.70. The average molecular weight is 239 g/mol. The van der Waals surface area contributed by atoms with E-state index in [2.05, 4.69) is 19.0 Å². The third-order valence-corrected chi connectivity index (χ3v) is 3.18. The predicted octanol–water partition coefficient (Wildman–Crippen LogP) is 2.43. The summed E-state index contributed by atoms with van der Waals surface area (Å²) in [5, 5.41) is 8.84. The molecule has 1 aromatic carbocycles. The minimum atomic E-state index is -0.865. The first kappa shape index (κ1) is 13.1. The van der Waals surface area contributed by atoms with E-state index in [1.54, 1.807) is 30.0 Å². The summed E-state index contributed by atoms with van der Waals surface area (Å²) in [6.07, 6.45) is 1.11. The number of hydrogen-bond donors (Lipinski definition) is 1. The van der Waals surface area contributed by atoms with E-state index in [0.29, 0.717) is 5.56 Å². The van der Waals surface area contributed by atoms with Crippen LogP contribution in [0.2, 0.25) is 0 Å². The fourth-order valence-corrected chi connectivity index (χ4v) is 2.18. The smallest absolute Gasteiger partial charge is 0.335 e. The van der Waals surface area contributed by atoms with Crippen LogP contribution in [0.25, 0.3) is 0 Å². The van der Waals surface area contributed by atoms with Gasteiger partial charge in [-0.25, -0.2) is 4.79 Å². The lowest BCUT2D eigenvalue weighted by Gasteiger charge is -2.08. The Kier molecular flexibility index (Phi) is 5.35. The molecule has 1 N–H and O–H groups in total. The molecule has 3 nitrogen and oxygen atoms in total. The zero-order chi connectivity index (χ0) is 12.0. The van der Waals surface area contributed by atoms with Gasteiger partial charge in [-0.3, -0.25) is 0 Å². The van der Waals surface area contributed by atoms with Gasteiger partial charge < -0.3 is 10.0 Å². The highest BCUT2D eigenvalue weighted by atomic mass is 32.2. The Balaban J connectivity index is 2.42. The lowest BCUT2D eigenvalue weighted by molar-refractivity contribution is 0.0696. The summed E-state index contributed by atoms with van der Waals surface area (Å²) in [5.74, 6) is 0.150. The second kappa shape index (κ2) is 6.55. The fourth-order valence-electron chi connectivity index (χ4n) is 1.29. The molecule has 0 amide bonds. The first-order valence-electron chi connectivity index (χ1n) is 5.20. The number of benzene rings is 1. The molecule has 1 aromatic rings. The minimum absolute atomic E-state index is 0.359. The summed E-state index contributed by atoms with van der Waals surface area (Å²) < 4.78 is 0. The van der Waals surface area contributed by atoms with Crippen molar-refractivity contribution in [1.29, 1.82) is 0 Å². The van der Waals surface area contributed by atoms with E-state index < -0.39 is 5.97 Å². The van der Waals surface area contributed by atoms with E-state index >= 15 is 0 Å². The van der Waals surface area contributed by atoms with E-state index in [9.17, 15) is 4.79 Å². The maximum Gasteiger partial charge on any atom is 0.335 e. The Labute approximate surface area is 100 Å². The van der Waals surface area contributed by atoms with Crippen molar-refractivity contribution >= 4 is 17.7 Å². The van der Waals surface area contributed by atoms with Crippen molar-refractivity contribution in [3.05, 3.63) is 29.8 Å². The molecule has 0 bridgehead atoms. The Morgan fingerprint density at radius 3 is 2.81 bits per heavy atom. The highest BCUT2D eigenvalue weighted by Crippen LogP contribution is 2.19. The SMILES string of the molecule is CN(C)CCCSc1cccc(C(=O)O)c1. The largest absolute Gasteiger partial charge is 0.478 e. The molecule has 0 aliphatic carbocycles. The lowest BCUT2D eigenvalue weighted by Crippen LogP contribution is -2.13. The molecular weight excluding hydrogens is 222 g/mol. The van der Waals surface area contributed by atoms with Gasteiger partial charge in [0, 0.05) is 4.90 Å². The van der Waals surface area contributed by atoms with Crippen LogP contribution in [0, 0.1) is 0 Å². The standard InChI is InChI=1S/C12H17NO2S/c1-13(2)7-4-8-16-11-6-3-5-10(9-11)12(14)15/h3,5-6,9H,4,7-8H2,1-2H3,(H,14,15). The average Bonchev–Trinajstić information content (AvgIpc) is 2.24. The molecule has 0 radical (unpaired) electrons. The van der Waals surface area contributed by atoms with Gasteiger partial charge >= 0.3 is 5.97 Å². The van der Waals surface area contributed by atoms with Crippen LogP contribution in [0.15, 0.2) is 29.2 Å². The highest BCUT2D eigenvalue weighted by Gasteiger charge is 2.03. The number of carboxylic acids is 1. The number of carbonyl (C=O) groups is 1. The van der Waals surface area contributed by atoms with Gasteiger partial charge in [-0.05, 0) is 51.0 Å². The third kappa shape index (κ3) is 4.68. The van der Waals surface area contributed by atoms with E-state index in [1.807, 2.05) is 6.07 Å². The molecule has 0 fully saturated rings. The molecule has 0 saturated heterocycles. The Bertz CT molecular complexity index is 353. The number of rotatable bonds is 6. The van der Waals surface area contributed by atoms with Crippen LogP contribution < -0.4 is 0 Å². The Morgan fingerprint density at radius 1 is 1.44 bits per heavy atom. The molecule has 0 heterocycles. The van der Waals surface area contributed by atoms with Crippen molar-refractivity contribution in [3.63, 3.8) is 0 Å². The molecule has 88 valence electrons. The van der Waals surface area contributed by atoms with Crippen LogP contribution in [0.5, 0.6) is 0 Å². The maximum atomic E-state index is 10.8. The van der Waals surface area contributed by atoms with Crippen molar-refractivity contribution in [2.75, 3.05) is 26.4 Å². The molecule has 0 aliphatic heterocycles. The van der Waals surface area contributed by atoms with Crippen molar-refractivity contribution in [3.8, 4) is 0 Å². The van der Waals surface area contributed by atoms with Crippen LogP contribution in [0.1, 0.15) is 16.8 Å². The van der Waals surface area contributed by atoms with Crippen LogP contribution >= 0.6 is 11.8 Å². The highest BCUT2D eigenvalue weighted by molar-refractivity contribution is 7.99. The van der Waals surface area contributed by atoms with Crippen molar-refractivity contribution in [1.82, 2.24) is 4.90 Å². The number of nitrogens with zero attached hydrogens (tertiary/aromatic N) is 1. The molecule has 16 heavy (non-hydrogen) atoms. The monoisotopic (exact) mass is 239 g/mol. The number of thioether (sulfide) groups is 1. The summed E-state index contributed by atoms with van der Waals surface area (Å²) in [5.41, 5.74) is 0.359. The van der Waals surface area contributed by atoms with Gasteiger partial charge in [0.1, 0.15) is 0 Å². The topological polar surface area (TPSA) is 40.5 Å². The molecular formula is C12H17NO2S. The number of aromatic carboxylic acids is 1. The summed E-state index contributed by atoms with van der Waals surface area (Å²) in [6, 6.07) is 7.08. The second-order valence-electron chi connectivity index (χ2n) is 3.84. The van der Waals surface area contributed by atoms with Gasteiger partial charge in [0.25, 0.3) is 0 Å². The third-order valence-electron chi connectivity index (χ3n) is 2.10. The molecule has 1 rings (SSSR count). The van der Waals surface area contributed by atoms with Crippen LogP contribution in [-0.2, 0) is 0 Å². The number of carboxylic acid groups (broad SMARTS) is 1. The van der Waals surface area contributed by atoms with Gasteiger partial charge in [-0.1, -0.05) is 6.07 Å². The Hall–Kier alpha value is -1.00. The zero-order valence-electron chi connectivity index (χ0n) is 9.64. The van der Waals surface area contributed by atoms with E-state index in [-0.39, 0.29) is 0 Å². The van der Waals surface area contributed by atoms with Gasteiger partial charge in [-0.2, -0.15) is 0 Å². The zero-order valence-corrected chi connectivity index (χ0v) is 10.5.